The van der Waals surface area contributed by atoms with Gasteiger partial charge in [-0.25, -0.2) is 8.42 Å². The quantitative estimate of drug-likeness (QED) is 0.510. The molecule has 6 nitrogen and oxygen atoms in total. The molecule has 1 fully saturated rings. The summed E-state index contributed by atoms with van der Waals surface area (Å²) in [7, 11) is -1.73. The van der Waals surface area contributed by atoms with Crippen molar-refractivity contribution in [2.24, 2.45) is 5.92 Å². The van der Waals surface area contributed by atoms with Crippen molar-refractivity contribution < 1.29 is 13.2 Å². The monoisotopic (exact) mass is 475 g/mol. The van der Waals surface area contributed by atoms with E-state index in [0.717, 1.165) is 16.8 Å². The Kier molecular flexibility index (Phi) is 7.55. The van der Waals surface area contributed by atoms with Gasteiger partial charge in [0.15, 0.2) is 0 Å². The van der Waals surface area contributed by atoms with E-state index in [1.807, 2.05) is 78.9 Å². The SMILES string of the molecule is CN(C(=O)C1CCN(S(=O)(=O)/C=C/c2ccccc2)CC1)C(c1ccccc1)c1ccccn1. The maximum Gasteiger partial charge on any atom is 0.236 e. The van der Waals surface area contributed by atoms with Crippen LogP contribution in [0.5, 0.6) is 0 Å². The van der Waals surface area contributed by atoms with Gasteiger partial charge >= 0.3 is 0 Å². The van der Waals surface area contributed by atoms with Gasteiger partial charge in [0.1, 0.15) is 0 Å². The Morgan fingerprint density at radius 1 is 0.971 bits per heavy atom. The number of hydrogen-bond acceptors (Lipinski definition) is 4. The number of rotatable bonds is 7. The van der Waals surface area contributed by atoms with Crippen LogP contribution in [0.4, 0.5) is 0 Å². The summed E-state index contributed by atoms with van der Waals surface area (Å²) in [6.45, 7) is 0.649. The fraction of sp³-hybridized carbons (Fsp3) is 0.259. The number of aromatic nitrogens is 1. The van der Waals surface area contributed by atoms with Crippen LogP contribution in [0.1, 0.15) is 35.7 Å². The minimum Gasteiger partial charge on any atom is -0.333 e. The zero-order chi connectivity index (χ0) is 24.0. The van der Waals surface area contributed by atoms with Crippen molar-refractivity contribution in [1.29, 1.82) is 0 Å². The first kappa shape index (κ1) is 23.9. The van der Waals surface area contributed by atoms with Crippen LogP contribution in [-0.4, -0.2) is 48.7 Å². The molecule has 0 radical (unpaired) electrons. The van der Waals surface area contributed by atoms with Crippen LogP contribution in [0.2, 0.25) is 0 Å². The Labute approximate surface area is 201 Å². The zero-order valence-corrected chi connectivity index (χ0v) is 20.0. The number of carbonyl (C=O) groups is 1. The molecule has 1 unspecified atom stereocenters. The van der Waals surface area contributed by atoms with Crippen LogP contribution in [0, 0.1) is 5.92 Å². The van der Waals surface area contributed by atoms with Gasteiger partial charge in [-0.3, -0.25) is 9.78 Å². The molecule has 0 bridgehead atoms. The molecule has 0 aliphatic carbocycles. The average molecular weight is 476 g/mol. The standard InChI is InChI=1S/C27H29N3O3S/c1-29(26(23-12-6-3-7-13-23)25-14-8-9-18-28-25)27(31)24-15-19-30(20-16-24)34(32,33)21-17-22-10-4-2-5-11-22/h2-14,17-18,21,24,26H,15-16,19-20H2,1H3/b21-17+. The molecule has 1 aliphatic heterocycles. The van der Waals surface area contributed by atoms with E-state index in [4.69, 9.17) is 0 Å². The Morgan fingerprint density at radius 3 is 2.21 bits per heavy atom. The lowest BCUT2D eigenvalue weighted by atomic mass is 9.94. The number of hydrogen-bond donors (Lipinski definition) is 0. The van der Waals surface area contributed by atoms with Crippen molar-refractivity contribution in [3.05, 3.63) is 107 Å². The van der Waals surface area contributed by atoms with E-state index in [1.165, 1.54) is 9.71 Å². The smallest absolute Gasteiger partial charge is 0.236 e. The largest absolute Gasteiger partial charge is 0.333 e. The second-order valence-electron chi connectivity index (χ2n) is 8.45. The van der Waals surface area contributed by atoms with Gasteiger partial charge in [0.05, 0.1) is 11.7 Å². The molecule has 1 atom stereocenters. The van der Waals surface area contributed by atoms with Gasteiger partial charge in [-0.05, 0) is 42.2 Å². The number of carbonyl (C=O) groups excluding carboxylic acids is 1. The summed E-state index contributed by atoms with van der Waals surface area (Å²) in [6.07, 6.45) is 4.32. The summed E-state index contributed by atoms with van der Waals surface area (Å²) in [5, 5.41) is 1.25. The van der Waals surface area contributed by atoms with E-state index in [0.29, 0.717) is 25.9 Å². The molecular formula is C27H29N3O3S. The molecule has 3 aromatic rings. The van der Waals surface area contributed by atoms with Crippen LogP contribution in [0.3, 0.4) is 0 Å². The van der Waals surface area contributed by atoms with Crippen molar-refractivity contribution in [2.45, 2.75) is 18.9 Å². The lowest BCUT2D eigenvalue weighted by molar-refractivity contribution is -0.137. The topological polar surface area (TPSA) is 70.6 Å². The van der Waals surface area contributed by atoms with Crippen LogP contribution < -0.4 is 0 Å². The third-order valence-corrected chi connectivity index (χ3v) is 7.78. The highest BCUT2D eigenvalue weighted by Gasteiger charge is 2.34. The van der Waals surface area contributed by atoms with Crippen molar-refractivity contribution >= 4 is 22.0 Å². The van der Waals surface area contributed by atoms with E-state index in [1.54, 1.807) is 24.2 Å². The summed E-state index contributed by atoms with van der Waals surface area (Å²) in [5.74, 6) is -0.221. The molecule has 0 spiro atoms. The molecule has 0 N–H and O–H groups in total. The predicted octanol–water partition coefficient (Wildman–Crippen LogP) is 4.34. The summed E-state index contributed by atoms with van der Waals surface area (Å²) in [6, 6.07) is 24.6. The van der Waals surface area contributed by atoms with E-state index >= 15 is 0 Å². The summed E-state index contributed by atoms with van der Waals surface area (Å²) < 4.78 is 27.0. The van der Waals surface area contributed by atoms with Crippen molar-refractivity contribution in [2.75, 3.05) is 20.1 Å². The maximum atomic E-state index is 13.5. The number of piperidine rings is 1. The molecule has 1 aliphatic rings. The van der Waals surface area contributed by atoms with Crippen molar-refractivity contribution in [1.82, 2.24) is 14.2 Å². The van der Waals surface area contributed by atoms with Gasteiger partial charge in [-0.1, -0.05) is 66.7 Å². The van der Waals surface area contributed by atoms with Gasteiger partial charge in [-0.15, -0.1) is 0 Å². The van der Waals surface area contributed by atoms with Gasteiger partial charge in [0, 0.05) is 37.7 Å². The lowest BCUT2D eigenvalue weighted by Gasteiger charge is -2.35. The summed E-state index contributed by atoms with van der Waals surface area (Å²) in [4.78, 5) is 19.7. The third-order valence-electron chi connectivity index (χ3n) is 6.21. The van der Waals surface area contributed by atoms with Crippen LogP contribution in [-0.2, 0) is 14.8 Å². The molecule has 7 heteroatoms. The Morgan fingerprint density at radius 2 is 1.59 bits per heavy atom. The van der Waals surface area contributed by atoms with Crippen LogP contribution >= 0.6 is 0 Å². The first-order valence-electron chi connectivity index (χ1n) is 11.4. The Bertz CT molecular complexity index is 1170. The molecule has 0 saturated carbocycles. The van der Waals surface area contributed by atoms with E-state index in [9.17, 15) is 13.2 Å². The van der Waals surface area contributed by atoms with E-state index in [-0.39, 0.29) is 17.9 Å². The highest BCUT2D eigenvalue weighted by Crippen LogP contribution is 2.30. The molecule has 1 saturated heterocycles. The van der Waals surface area contributed by atoms with Gasteiger partial charge in [-0.2, -0.15) is 4.31 Å². The minimum absolute atomic E-state index is 0.0105. The average Bonchev–Trinajstić information content (AvgIpc) is 2.89. The maximum absolute atomic E-state index is 13.5. The molecule has 34 heavy (non-hydrogen) atoms. The second-order valence-corrected chi connectivity index (χ2v) is 10.3. The second kappa shape index (κ2) is 10.8. The molecule has 2 heterocycles. The Balaban J connectivity index is 1.44. The van der Waals surface area contributed by atoms with Gasteiger partial charge in [0.2, 0.25) is 15.9 Å². The number of amides is 1. The molecule has 4 rings (SSSR count). The summed E-state index contributed by atoms with van der Waals surface area (Å²) in [5.41, 5.74) is 2.62. The number of benzene rings is 2. The minimum atomic E-state index is -3.54. The molecule has 2 aromatic carbocycles. The normalized spacial score (nSPS) is 16.4. The molecular weight excluding hydrogens is 446 g/mol. The fourth-order valence-corrected chi connectivity index (χ4v) is 5.57. The fourth-order valence-electron chi connectivity index (χ4n) is 4.35. The molecule has 1 amide bonds. The van der Waals surface area contributed by atoms with Crippen LogP contribution in [0.15, 0.2) is 90.5 Å². The van der Waals surface area contributed by atoms with Crippen LogP contribution in [0.25, 0.3) is 6.08 Å². The first-order valence-corrected chi connectivity index (χ1v) is 12.9. The van der Waals surface area contributed by atoms with Crippen molar-refractivity contribution in [3.8, 4) is 0 Å². The van der Waals surface area contributed by atoms with E-state index in [2.05, 4.69) is 4.98 Å². The number of nitrogens with zero attached hydrogens (tertiary/aromatic N) is 3. The number of pyridine rings is 1. The summed E-state index contributed by atoms with van der Waals surface area (Å²) >= 11 is 0. The number of sulfonamides is 1. The lowest BCUT2D eigenvalue weighted by Crippen LogP contribution is -2.44. The highest BCUT2D eigenvalue weighted by atomic mass is 32.2. The molecule has 1 aromatic heterocycles. The van der Waals surface area contributed by atoms with Gasteiger partial charge < -0.3 is 4.90 Å². The van der Waals surface area contributed by atoms with Crippen molar-refractivity contribution in [3.63, 3.8) is 0 Å². The third kappa shape index (κ3) is 5.61. The Hall–Kier alpha value is -3.29. The predicted molar refractivity (Wildman–Crippen MR) is 134 cm³/mol. The van der Waals surface area contributed by atoms with Gasteiger partial charge in [0.25, 0.3) is 0 Å². The zero-order valence-electron chi connectivity index (χ0n) is 19.2. The van der Waals surface area contributed by atoms with E-state index < -0.39 is 10.0 Å². The molecule has 176 valence electrons. The highest BCUT2D eigenvalue weighted by molar-refractivity contribution is 7.92. The first-order chi connectivity index (χ1) is 16.5.